The molecule has 1 atom stereocenters. The van der Waals surface area contributed by atoms with Gasteiger partial charge >= 0.3 is 0 Å². The lowest BCUT2D eigenvalue weighted by molar-refractivity contribution is 0.858. The average molecular weight is 665 g/mol. The highest BCUT2D eigenvalue weighted by Crippen LogP contribution is 2.28. The van der Waals surface area contributed by atoms with E-state index in [0.29, 0.717) is 10.7 Å². The van der Waals surface area contributed by atoms with Gasteiger partial charge in [0.1, 0.15) is 0 Å². The van der Waals surface area contributed by atoms with E-state index < -0.39 is 0 Å². The molecule has 3 aromatic carbocycles. The number of hydrogen-bond donors (Lipinski definition) is 0. The Hall–Kier alpha value is -1.16. The Labute approximate surface area is 240 Å². The van der Waals surface area contributed by atoms with E-state index in [2.05, 4.69) is 160 Å². The van der Waals surface area contributed by atoms with Crippen LogP contribution in [0.1, 0.15) is 87.2 Å². The van der Waals surface area contributed by atoms with Crippen LogP contribution < -0.4 is 0 Å². The van der Waals surface area contributed by atoms with Gasteiger partial charge in [0.2, 0.25) is 0 Å². The molecule has 3 rings (SSSR count). The molecule has 35 heavy (non-hydrogen) atoms. The molecule has 0 fully saturated rings. The molecule has 0 nitrogen and oxygen atoms in total. The van der Waals surface area contributed by atoms with Crippen LogP contribution in [0.25, 0.3) is 6.08 Å². The Balaban J connectivity index is 0.000000263. The fraction of sp³-hybridized carbons (Fsp3) is 0.375. The molecule has 1 unspecified atom stereocenters. The average Bonchev–Trinajstić information content (AvgIpc) is 2.76. The van der Waals surface area contributed by atoms with Crippen molar-refractivity contribution in [2.45, 2.75) is 80.0 Å². The van der Waals surface area contributed by atoms with Gasteiger partial charge in [-0.25, -0.2) is 0 Å². The van der Waals surface area contributed by atoms with Crippen LogP contribution in [0.4, 0.5) is 0 Å². The summed E-state index contributed by atoms with van der Waals surface area (Å²) >= 11 is 10.6. The Kier molecular flexibility index (Phi) is 13.2. The van der Waals surface area contributed by atoms with Crippen LogP contribution in [-0.4, -0.2) is 0 Å². The molecule has 0 aliphatic rings. The third kappa shape index (κ3) is 9.67. The van der Waals surface area contributed by atoms with Gasteiger partial charge in [-0.05, 0) is 129 Å². The minimum absolute atomic E-state index is 0.455. The minimum Gasteiger partial charge on any atom is -0.0984 e. The molecule has 0 aromatic heterocycles. The molecule has 0 saturated carbocycles. The van der Waals surface area contributed by atoms with Gasteiger partial charge in [-0.1, -0.05) is 98.6 Å². The fourth-order valence-electron chi connectivity index (χ4n) is 3.62. The summed E-state index contributed by atoms with van der Waals surface area (Å²) in [7, 11) is 0. The second-order valence-corrected chi connectivity index (χ2v) is 12.8. The Morgan fingerprint density at radius 1 is 0.571 bits per heavy atom. The highest BCUT2D eigenvalue weighted by atomic mass is 79.9. The molecule has 0 aliphatic carbocycles. The van der Waals surface area contributed by atoms with Crippen LogP contribution in [0.15, 0.2) is 51.9 Å². The normalized spacial score (nSPS) is 11.3. The number of aryl methyl sites for hydroxylation is 7. The summed E-state index contributed by atoms with van der Waals surface area (Å²) in [6.45, 7) is 25.3. The molecule has 0 amide bonds. The molecule has 0 radical (unpaired) electrons. The van der Waals surface area contributed by atoms with Crippen molar-refractivity contribution in [2.24, 2.45) is 0 Å². The van der Waals surface area contributed by atoms with Gasteiger partial charge in [0, 0.05) is 13.8 Å². The predicted octanol–water partition coefficient (Wildman–Crippen LogP) is 12.0. The second-order valence-electron chi connectivity index (χ2n) is 9.68. The lowest BCUT2D eigenvalue weighted by Crippen LogP contribution is -1.92. The zero-order valence-electron chi connectivity index (χ0n) is 23.0. The number of hydrogen-bond acceptors (Lipinski definition) is 0. The standard InChI is InChI=1S/2C11H15Br.C10H11Br/c1-7-5-9(3)11(10(4)12)6-8(7)2;1-7(2)10-5-8(3)9(4)6-11(10)12;1-4-9-5-7(2)8(3)6-10(9)11/h5-6,10H,1-4H3;5-7H,1-4H3;4-6H,1H2,2-3H3. The first-order valence-electron chi connectivity index (χ1n) is 12.1. The van der Waals surface area contributed by atoms with Crippen LogP contribution in [0.5, 0.6) is 0 Å². The zero-order valence-corrected chi connectivity index (χ0v) is 27.8. The lowest BCUT2D eigenvalue weighted by Gasteiger charge is -2.11. The number of rotatable bonds is 3. The van der Waals surface area contributed by atoms with Gasteiger partial charge in [-0.15, -0.1) is 0 Å². The minimum atomic E-state index is 0.455. The van der Waals surface area contributed by atoms with Crippen LogP contribution in [0.2, 0.25) is 0 Å². The SMILES string of the molecule is C=Cc1cc(C)c(C)cc1Br.Cc1cc(Br)c(C(C)C)cc1C.Cc1cc(C)c(C(C)Br)cc1C. The molecule has 0 aliphatic heterocycles. The summed E-state index contributed by atoms with van der Waals surface area (Å²) in [6.07, 6.45) is 1.86. The first kappa shape index (κ1) is 31.9. The van der Waals surface area contributed by atoms with Gasteiger partial charge in [-0.3, -0.25) is 0 Å². The van der Waals surface area contributed by atoms with E-state index in [1.54, 1.807) is 0 Å². The van der Waals surface area contributed by atoms with Crippen LogP contribution >= 0.6 is 47.8 Å². The summed E-state index contributed by atoms with van der Waals surface area (Å²) < 4.78 is 2.36. The van der Waals surface area contributed by atoms with Crippen molar-refractivity contribution in [3.8, 4) is 0 Å². The molecule has 0 saturated heterocycles. The van der Waals surface area contributed by atoms with Crippen LogP contribution in [0, 0.1) is 48.5 Å². The van der Waals surface area contributed by atoms with Crippen LogP contribution in [0.3, 0.4) is 0 Å². The number of halogens is 3. The number of benzene rings is 3. The topological polar surface area (TPSA) is 0 Å². The summed E-state index contributed by atoms with van der Waals surface area (Å²) in [5.41, 5.74) is 13.4. The first-order valence-corrected chi connectivity index (χ1v) is 14.6. The quantitative estimate of drug-likeness (QED) is 0.244. The van der Waals surface area contributed by atoms with E-state index in [4.69, 9.17) is 0 Å². The molecule has 3 aromatic rings. The van der Waals surface area contributed by atoms with E-state index in [-0.39, 0.29) is 0 Å². The maximum absolute atomic E-state index is 3.73. The largest absolute Gasteiger partial charge is 0.0984 e. The monoisotopic (exact) mass is 662 g/mol. The highest BCUT2D eigenvalue weighted by molar-refractivity contribution is 9.11. The zero-order chi connectivity index (χ0) is 27.0. The second kappa shape index (κ2) is 14.5. The first-order chi connectivity index (χ1) is 16.2. The van der Waals surface area contributed by atoms with Crippen molar-refractivity contribution in [1.29, 1.82) is 0 Å². The third-order valence-corrected chi connectivity index (χ3v) is 8.25. The van der Waals surface area contributed by atoms with Gasteiger partial charge < -0.3 is 0 Å². The van der Waals surface area contributed by atoms with E-state index in [9.17, 15) is 0 Å². The van der Waals surface area contributed by atoms with Crippen molar-refractivity contribution in [1.82, 2.24) is 0 Å². The molecule has 0 bridgehead atoms. The fourth-order valence-corrected chi connectivity index (χ4v) is 5.65. The van der Waals surface area contributed by atoms with Gasteiger partial charge in [0.05, 0.1) is 0 Å². The Morgan fingerprint density at radius 2 is 0.971 bits per heavy atom. The molecule has 0 heterocycles. The molecule has 0 spiro atoms. The Morgan fingerprint density at radius 3 is 1.43 bits per heavy atom. The predicted molar refractivity (Wildman–Crippen MR) is 169 cm³/mol. The van der Waals surface area contributed by atoms with Gasteiger partial charge in [0.15, 0.2) is 0 Å². The molecule has 3 heteroatoms. The summed E-state index contributed by atoms with van der Waals surface area (Å²) in [5, 5.41) is 0. The van der Waals surface area contributed by atoms with Crippen molar-refractivity contribution >= 4 is 53.9 Å². The molecular formula is C32H41Br3. The van der Waals surface area contributed by atoms with E-state index in [1.165, 1.54) is 54.5 Å². The highest BCUT2D eigenvalue weighted by Gasteiger charge is 2.07. The van der Waals surface area contributed by atoms with Gasteiger partial charge in [0.25, 0.3) is 0 Å². The lowest BCUT2D eigenvalue weighted by atomic mass is 9.99. The summed E-state index contributed by atoms with van der Waals surface area (Å²) in [6, 6.07) is 13.2. The molecular weight excluding hydrogens is 624 g/mol. The van der Waals surface area contributed by atoms with Crippen LogP contribution in [-0.2, 0) is 0 Å². The van der Waals surface area contributed by atoms with Crippen molar-refractivity contribution < 1.29 is 0 Å². The maximum atomic E-state index is 3.73. The Bertz CT molecular complexity index is 1090. The van der Waals surface area contributed by atoms with Crippen molar-refractivity contribution in [2.75, 3.05) is 0 Å². The number of alkyl halides is 1. The molecule has 0 N–H and O–H groups in total. The van der Waals surface area contributed by atoms with Crippen molar-refractivity contribution in [3.63, 3.8) is 0 Å². The van der Waals surface area contributed by atoms with Gasteiger partial charge in [-0.2, -0.15) is 0 Å². The van der Waals surface area contributed by atoms with E-state index in [1.807, 2.05) is 6.08 Å². The maximum Gasteiger partial charge on any atom is 0.0369 e. The van der Waals surface area contributed by atoms with E-state index in [0.717, 1.165) is 10.0 Å². The smallest absolute Gasteiger partial charge is 0.0369 e. The molecule has 190 valence electrons. The summed E-state index contributed by atoms with van der Waals surface area (Å²) in [5.74, 6) is 0.596. The van der Waals surface area contributed by atoms with Crippen molar-refractivity contribution in [3.05, 3.63) is 108 Å². The van der Waals surface area contributed by atoms with E-state index >= 15 is 0 Å². The third-order valence-electron chi connectivity index (χ3n) is 6.38. The summed E-state index contributed by atoms with van der Waals surface area (Å²) in [4.78, 5) is 0.455.